The van der Waals surface area contributed by atoms with E-state index in [-0.39, 0.29) is 23.2 Å². The zero-order valence-corrected chi connectivity index (χ0v) is 11.9. The second-order valence-corrected chi connectivity index (χ2v) is 6.19. The first-order valence-electron chi connectivity index (χ1n) is 6.08. The fraction of sp³-hybridized carbons (Fsp3) is 0.417. The third-order valence-electron chi connectivity index (χ3n) is 3.33. The standard InChI is InChI=1S/C12H15N3O2S.ClH/c16-18(17)11-6-2-1-5-10(11)14-12(15-18)9-4-3-7-13-8-9;/h1-2,5-6,9,13H,3-4,7-8H2,(H,14,15);1H. The van der Waals surface area contributed by atoms with Crippen LogP contribution in [0.15, 0.2) is 33.6 Å². The molecule has 19 heavy (non-hydrogen) atoms. The highest BCUT2D eigenvalue weighted by Gasteiger charge is 2.29. The summed E-state index contributed by atoms with van der Waals surface area (Å²) in [5, 5.41) is 6.42. The van der Waals surface area contributed by atoms with Crippen LogP contribution in [0, 0.1) is 5.92 Å². The normalized spacial score (nSPS) is 24.4. The van der Waals surface area contributed by atoms with Crippen LogP contribution in [-0.2, 0) is 10.0 Å². The van der Waals surface area contributed by atoms with Crippen molar-refractivity contribution < 1.29 is 8.42 Å². The maximum absolute atomic E-state index is 12.1. The van der Waals surface area contributed by atoms with Crippen molar-refractivity contribution in [2.24, 2.45) is 10.3 Å². The number of benzene rings is 1. The number of halogens is 1. The van der Waals surface area contributed by atoms with Gasteiger partial charge in [0.25, 0.3) is 10.0 Å². The number of fused-ring (bicyclic) bond motifs is 1. The van der Waals surface area contributed by atoms with Crippen molar-refractivity contribution >= 4 is 34.0 Å². The van der Waals surface area contributed by atoms with Crippen LogP contribution in [0.3, 0.4) is 0 Å². The van der Waals surface area contributed by atoms with Crippen LogP contribution < -0.4 is 10.6 Å². The molecule has 1 fully saturated rings. The molecule has 1 unspecified atom stereocenters. The lowest BCUT2D eigenvalue weighted by Crippen LogP contribution is -2.39. The Morgan fingerprint density at radius 1 is 1.26 bits per heavy atom. The van der Waals surface area contributed by atoms with Gasteiger partial charge in [-0.15, -0.1) is 16.8 Å². The van der Waals surface area contributed by atoms with Gasteiger partial charge in [0.2, 0.25) is 0 Å². The molecule has 1 saturated heterocycles. The Kier molecular flexibility index (Phi) is 4.13. The highest BCUT2D eigenvalue weighted by molar-refractivity contribution is 7.90. The van der Waals surface area contributed by atoms with Crippen LogP contribution in [0.25, 0.3) is 0 Å². The highest BCUT2D eigenvalue weighted by atomic mass is 35.5. The molecule has 3 rings (SSSR count). The maximum Gasteiger partial charge on any atom is 0.286 e. The minimum atomic E-state index is -3.54. The molecule has 2 N–H and O–H groups in total. The Labute approximate surface area is 119 Å². The molecule has 0 spiro atoms. The van der Waals surface area contributed by atoms with E-state index >= 15 is 0 Å². The van der Waals surface area contributed by atoms with Gasteiger partial charge >= 0.3 is 0 Å². The van der Waals surface area contributed by atoms with Gasteiger partial charge in [-0.1, -0.05) is 12.1 Å². The number of hydrogen-bond acceptors (Lipinski definition) is 4. The summed E-state index contributed by atoms with van der Waals surface area (Å²) in [7, 11) is -3.54. The number of hydrogen-bond donors (Lipinski definition) is 2. The number of anilines is 1. The first-order valence-corrected chi connectivity index (χ1v) is 7.52. The van der Waals surface area contributed by atoms with Crippen molar-refractivity contribution in [2.45, 2.75) is 17.7 Å². The fourth-order valence-electron chi connectivity index (χ4n) is 2.40. The lowest BCUT2D eigenvalue weighted by atomic mass is 9.98. The lowest BCUT2D eigenvalue weighted by molar-refractivity contribution is 0.457. The van der Waals surface area contributed by atoms with Crippen molar-refractivity contribution in [1.29, 1.82) is 0 Å². The monoisotopic (exact) mass is 301 g/mol. The van der Waals surface area contributed by atoms with Gasteiger partial charge < -0.3 is 10.6 Å². The molecule has 0 bridgehead atoms. The van der Waals surface area contributed by atoms with Crippen LogP contribution in [0.4, 0.5) is 5.69 Å². The average Bonchev–Trinajstić information content (AvgIpc) is 2.39. The molecule has 5 nitrogen and oxygen atoms in total. The molecule has 7 heteroatoms. The van der Waals surface area contributed by atoms with Crippen LogP contribution in [0.2, 0.25) is 0 Å². The maximum atomic E-state index is 12.1. The van der Waals surface area contributed by atoms with Crippen molar-refractivity contribution in [3.63, 3.8) is 0 Å². The summed E-state index contributed by atoms with van der Waals surface area (Å²) < 4.78 is 28.1. The molecule has 1 atom stereocenters. The second-order valence-electron chi connectivity index (χ2n) is 4.62. The number of sulfonamides is 1. The summed E-state index contributed by atoms with van der Waals surface area (Å²) in [4.78, 5) is 0.262. The largest absolute Gasteiger partial charge is 0.342 e. The van der Waals surface area contributed by atoms with Crippen molar-refractivity contribution in [1.82, 2.24) is 5.32 Å². The first kappa shape index (κ1) is 14.3. The van der Waals surface area contributed by atoms with E-state index in [1.807, 2.05) is 6.07 Å². The number of nitrogens with zero attached hydrogens (tertiary/aromatic N) is 1. The smallest absolute Gasteiger partial charge is 0.286 e. The molecule has 0 saturated carbocycles. The van der Waals surface area contributed by atoms with Gasteiger partial charge in [-0.2, -0.15) is 8.42 Å². The van der Waals surface area contributed by atoms with Crippen LogP contribution in [0.1, 0.15) is 12.8 Å². The Bertz CT molecular complexity index is 595. The molecule has 0 aliphatic carbocycles. The molecule has 1 aromatic carbocycles. The van der Waals surface area contributed by atoms with E-state index in [4.69, 9.17) is 0 Å². The van der Waals surface area contributed by atoms with E-state index in [1.54, 1.807) is 18.2 Å². The SMILES string of the molecule is Cl.O=S1(=O)N=C(C2CCCNC2)Nc2ccccc21. The Morgan fingerprint density at radius 2 is 2.05 bits per heavy atom. The summed E-state index contributed by atoms with van der Waals surface area (Å²) in [5.41, 5.74) is 0.632. The number of amidine groups is 1. The highest BCUT2D eigenvalue weighted by Crippen LogP contribution is 2.29. The molecule has 2 heterocycles. The third kappa shape index (κ3) is 2.75. The number of nitrogens with one attached hydrogen (secondary N) is 2. The summed E-state index contributed by atoms with van der Waals surface area (Å²) in [5.74, 6) is 0.725. The number of piperidine rings is 1. The summed E-state index contributed by atoms with van der Waals surface area (Å²) in [6, 6.07) is 6.89. The molecule has 0 amide bonds. The molecular formula is C12H16ClN3O2S. The summed E-state index contributed by atoms with van der Waals surface area (Å²) >= 11 is 0. The van der Waals surface area contributed by atoms with Gasteiger partial charge in [0, 0.05) is 12.5 Å². The second kappa shape index (κ2) is 5.48. The topological polar surface area (TPSA) is 70.6 Å². The molecule has 0 aromatic heterocycles. The van der Waals surface area contributed by atoms with E-state index in [1.165, 1.54) is 0 Å². The van der Waals surface area contributed by atoms with Gasteiger partial charge in [0.15, 0.2) is 0 Å². The van der Waals surface area contributed by atoms with E-state index in [0.29, 0.717) is 11.5 Å². The van der Waals surface area contributed by atoms with Crippen molar-refractivity contribution in [3.8, 4) is 0 Å². The zero-order chi connectivity index (χ0) is 12.6. The molecule has 1 aromatic rings. The zero-order valence-electron chi connectivity index (χ0n) is 10.3. The van der Waals surface area contributed by atoms with E-state index < -0.39 is 10.0 Å². The van der Waals surface area contributed by atoms with Gasteiger partial charge in [0.1, 0.15) is 10.7 Å². The molecule has 2 aliphatic heterocycles. The lowest BCUT2D eigenvalue weighted by Gasteiger charge is -2.27. The minimum absolute atomic E-state index is 0. The molecular weight excluding hydrogens is 286 g/mol. The Morgan fingerprint density at radius 3 is 2.79 bits per heavy atom. The number of para-hydroxylation sites is 1. The fourth-order valence-corrected chi connectivity index (χ4v) is 3.60. The number of rotatable bonds is 1. The average molecular weight is 302 g/mol. The van der Waals surface area contributed by atoms with Gasteiger partial charge in [-0.25, -0.2) is 0 Å². The van der Waals surface area contributed by atoms with Crippen molar-refractivity contribution in [3.05, 3.63) is 24.3 Å². The van der Waals surface area contributed by atoms with Crippen LogP contribution in [-0.4, -0.2) is 27.3 Å². The predicted octanol–water partition coefficient (Wildman–Crippen LogP) is 1.62. The predicted molar refractivity (Wildman–Crippen MR) is 77.5 cm³/mol. The summed E-state index contributed by atoms with van der Waals surface area (Å²) in [6.45, 7) is 1.77. The quantitative estimate of drug-likeness (QED) is 0.827. The third-order valence-corrected chi connectivity index (χ3v) is 4.68. The van der Waals surface area contributed by atoms with Gasteiger partial charge in [0.05, 0.1) is 5.69 Å². The Balaban J connectivity index is 0.00000133. The van der Waals surface area contributed by atoms with E-state index in [9.17, 15) is 8.42 Å². The van der Waals surface area contributed by atoms with Crippen LogP contribution >= 0.6 is 12.4 Å². The van der Waals surface area contributed by atoms with E-state index in [0.717, 1.165) is 25.9 Å². The summed E-state index contributed by atoms with van der Waals surface area (Å²) in [6.07, 6.45) is 2.02. The first-order chi connectivity index (χ1) is 8.67. The minimum Gasteiger partial charge on any atom is -0.342 e. The van der Waals surface area contributed by atoms with Crippen LogP contribution in [0.5, 0.6) is 0 Å². The van der Waals surface area contributed by atoms with E-state index in [2.05, 4.69) is 15.0 Å². The molecule has 0 radical (unpaired) electrons. The Hall–Kier alpha value is -1.11. The van der Waals surface area contributed by atoms with Gasteiger partial charge in [-0.05, 0) is 31.5 Å². The van der Waals surface area contributed by atoms with Crippen molar-refractivity contribution in [2.75, 3.05) is 18.4 Å². The molecule has 2 aliphatic rings. The molecule has 104 valence electrons. The van der Waals surface area contributed by atoms with Gasteiger partial charge in [-0.3, -0.25) is 0 Å².